The van der Waals surface area contributed by atoms with Crippen LogP contribution >= 0.6 is 24.0 Å². The molecule has 0 aliphatic carbocycles. The molecule has 21 heavy (non-hydrogen) atoms. The largest absolute Gasteiger partial charge is 0.356 e. The molecule has 1 atom stereocenters. The van der Waals surface area contributed by atoms with Crippen molar-refractivity contribution >= 4 is 29.9 Å². The number of rotatable bonds is 4. The Bertz CT molecular complexity index is 479. The maximum Gasteiger partial charge on any atom is 0.194 e. The van der Waals surface area contributed by atoms with Crippen LogP contribution in [0.3, 0.4) is 0 Å². The minimum Gasteiger partial charge on any atom is -0.356 e. The molecule has 4 heteroatoms. The first-order valence-corrected chi connectivity index (χ1v) is 7.34. The van der Waals surface area contributed by atoms with Crippen LogP contribution in [0.2, 0.25) is 0 Å². The second-order valence-electron chi connectivity index (χ2n) is 5.16. The first-order chi connectivity index (χ1) is 9.83. The molecule has 0 saturated carbocycles. The molecule has 114 valence electrons. The quantitative estimate of drug-likeness (QED) is 0.366. The van der Waals surface area contributed by atoms with Gasteiger partial charge in [0, 0.05) is 19.6 Å². The number of benzene rings is 1. The van der Waals surface area contributed by atoms with Crippen molar-refractivity contribution < 1.29 is 0 Å². The molecule has 1 unspecified atom stereocenters. The SMILES string of the molecule is C#CCN=C(NCC)N1CCC(Cc2ccccc2)C1.I. The van der Waals surface area contributed by atoms with Gasteiger partial charge >= 0.3 is 0 Å². The summed E-state index contributed by atoms with van der Waals surface area (Å²) < 4.78 is 0. The van der Waals surface area contributed by atoms with Crippen LogP contribution in [0.5, 0.6) is 0 Å². The van der Waals surface area contributed by atoms with Crippen molar-refractivity contribution in [2.75, 3.05) is 26.2 Å². The molecule has 1 heterocycles. The predicted molar refractivity (Wildman–Crippen MR) is 100 cm³/mol. The Hall–Kier alpha value is -1.22. The van der Waals surface area contributed by atoms with Crippen molar-refractivity contribution in [3.05, 3.63) is 35.9 Å². The van der Waals surface area contributed by atoms with Crippen LogP contribution in [-0.4, -0.2) is 37.0 Å². The van der Waals surface area contributed by atoms with Gasteiger partial charge in [0.25, 0.3) is 0 Å². The Labute approximate surface area is 145 Å². The van der Waals surface area contributed by atoms with Crippen molar-refractivity contribution in [3.8, 4) is 12.3 Å². The fourth-order valence-electron chi connectivity index (χ4n) is 2.69. The number of guanidine groups is 1. The number of terminal acetylenes is 1. The summed E-state index contributed by atoms with van der Waals surface area (Å²) in [6, 6.07) is 10.7. The lowest BCUT2D eigenvalue weighted by Crippen LogP contribution is -2.40. The van der Waals surface area contributed by atoms with E-state index in [2.05, 4.69) is 58.4 Å². The minimum atomic E-state index is 0. The lowest BCUT2D eigenvalue weighted by Gasteiger charge is -2.21. The molecule has 1 fully saturated rings. The van der Waals surface area contributed by atoms with Gasteiger partial charge in [0.05, 0.1) is 0 Å². The molecule has 2 rings (SSSR count). The third-order valence-electron chi connectivity index (χ3n) is 3.61. The van der Waals surface area contributed by atoms with Gasteiger partial charge in [-0.05, 0) is 31.2 Å². The topological polar surface area (TPSA) is 27.6 Å². The highest BCUT2D eigenvalue weighted by Crippen LogP contribution is 2.20. The summed E-state index contributed by atoms with van der Waals surface area (Å²) in [6.07, 6.45) is 7.66. The van der Waals surface area contributed by atoms with Gasteiger partial charge in [0.1, 0.15) is 6.54 Å². The van der Waals surface area contributed by atoms with Crippen LogP contribution < -0.4 is 5.32 Å². The van der Waals surface area contributed by atoms with E-state index in [0.717, 1.165) is 32.0 Å². The molecular weight excluding hydrogens is 373 g/mol. The minimum absolute atomic E-state index is 0. The molecule has 3 nitrogen and oxygen atoms in total. The smallest absolute Gasteiger partial charge is 0.194 e. The van der Waals surface area contributed by atoms with Crippen LogP contribution in [0, 0.1) is 18.3 Å². The number of nitrogens with zero attached hydrogens (tertiary/aromatic N) is 2. The predicted octanol–water partition coefficient (Wildman–Crippen LogP) is 2.77. The van der Waals surface area contributed by atoms with Gasteiger partial charge in [-0.15, -0.1) is 30.4 Å². The van der Waals surface area contributed by atoms with Crippen molar-refractivity contribution in [2.24, 2.45) is 10.9 Å². The lowest BCUT2D eigenvalue weighted by molar-refractivity contribution is 0.461. The van der Waals surface area contributed by atoms with Gasteiger partial charge in [-0.1, -0.05) is 36.3 Å². The van der Waals surface area contributed by atoms with Crippen LogP contribution in [0.1, 0.15) is 18.9 Å². The van der Waals surface area contributed by atoms with Crippen molar-refractivity contribution in [2.45, 2.75) is 19.8 Å². The molecule has 0 bridgehead atoms. The third-order valence-corrected chi connectivity index (χ3v) is 3.61. The van der Waals surface area contributed by atoms with Crippen LogP contribution in [0.15, 0.2) is 35.3 Å². The Morgan fingerprint density at radius 2 is 2.19 bits per heavy atom. The number of hydrogen-bond donors (Lipinski definition) is 1. The van der Waals surface area contributed by atoms with E-state index < -0.39 is 0 Å². The summed E-state index contributed by atoms with van der Waals surface area (Å²) >= 11 is 0. The lowest BCUT2D eigenvalue weighted by atomic mass is 9.99. The zero-order valence-electron chi connectivity index (χ0n) is 12.6. The molecular formula is C17H24IN3. The highest BCUT2D eigenvalue weighted by atomic mass is 127. The fourth-order valence-corrected chi connectivity index (χ4v) is 2.69. The molecule has 1 aliphatic heterocycles. The number of nitrogens with one attached hydrogen (secondary N) is 1. The molecule has 0 radical (unpaired) electrons. The number of aliphatic imine (C=N–C) groups is 1. The maximum absolute atomic E-state index is 5.30. The number of likely N-dealkylation sites (tertiary alicyclic amines) is 1. The molecule has 1 aliphatic rings. The Morgan fingerprint density at radius 1 is 1.43 bits per heavy atom. The molecule has 1 N–H and O–H groups in total. The number of halogens is 1. The highest BCUT2D eigenvalue weighted by Gasteiger charge is 2.24. The van der Waals surface area contributed by atoms with Gasteiger partial charge in [-0.2, -0.15) is 0 Å². The Balaban J connectivity index is 0.00000220. The molecule has 1 aromatic carbocycles. The van der Waals surface area contributed by atoms with E-state index in [4.69, 9.17) is 6.42 Å². The summed E-state index contributed by atoms with van der Waals surface area (Å²) in [4.78, 5) is 6.78. The molecule has 0 aromatic heterocycles. The van der Waals surface area contributed by atoms with Crippen LogP contribution in [0.4, 0.5) is 0 Å². The van der Waals surface area contributed by atoms with E-state index >= 15 is 0 Å². The van der Waals surface area contributed by atoms with Crippen molar-refractivity contribution in [3.63, 3.8) is 0 Å². The zero-order valence-corrected chi connectivity index (χ0v) is 14.9. The Kier molecular flexibility index (Phi) is 8.21. The Morgan fingerprint density at radius 3 is 2.86 bits per heavy atom. The first-order valence-electron chi connectivity index (χ1n) is 7.34. The normalized spacial score (nSPS) is 18.0. The summed E-state index contributed by atoms with van der Waals surface area (Å²) in [5.74, 6) is 4.24. The first kappa shape index (κ1) is 17.8. The highest BCUT2D eigenvalue weighted by molar-refractivity contribution is 14.0. The monoisotopic (exact) mass is 397 g/mol. The van der Waals surface area contributed by atoms with Gasteiger partial charge in [-0.3, -0.25) is 0 Å². The van der Waals surface area contributed by atoms with Crippen LogP contribution in [-0.2, 0) is 6.42 Å². The summed E-state index contributed by atoms with van der Waals surface area (Å²) in [5.41, 5.74) is 1.42. The molecule has 0 amide bonds. The van der Waals surface area contributed by atoms with Gasteiger partial charge in [0.15, 0.2) is 5.96 Å². The van der Waals surface area contributed by atoms with E-state index in [9.17, 15) is 0 Å². The van der Waals surface area contributed by atoms with Gasteiger partial charge < -0.3 is 10.2 Å². The second-order valence-corrected chi connectivity index (χ2v) is 5.16. The zero-order chi connectivity index (χ0) is 14.2. The van der Waals surface area contributed by atoms with E-state index in [1.807, 2.05) is 0 Å². The summed E-state index contributed by atoms with van der Waals surface area (Å²) in [7, 11) is 0. The van der Waals surface area contributed by atoms with E-state index in [1.165, 1.54) is 12.0 Å². The number of hydrogen-bond acceptors (Lipinski definition) is 1. The molecule has 0 spiro atoms. The molecule has 1 saturated heterocycles. The van der Waals surface area contributed by atoms with Gasteiger partial charge in [-0.25, -0.2) is 4.99 Å². The third kappa shape index (κ3) is 5.58. The van der Waals surface area contributed by atoms with Crippen molar-refractivity contribution in [1.82, 2.24) is 10.2 Å². The van der Waals surface area contributed by atoms with Crippen LogP contribution in [0.25, 0.3) is 0 Å². The summed E-state index contributed by atoms with van der Waals surface area (Å²) in [5, 5.41) is 3.32. The van der Waals surface area contributed by atoms with E-state index in [1.54, 1.807) is 0 Å². The van der Waals surface area contributed by atoms with E-state index in [-0.39, 0.29) is 24.0 Å². The van der Waals surface area contributed by atoms with Gasteiger partial charge in [0.2, 0.25) is 0 Å². The van der Waals surface area contributed by atoms with Crippen molar-refractivity contribution in [1.29, 1.82) is 0 Å². The maximum atomic E-state index is 5.30. The molecule has 1 aromatic rings. The fraction of sp³-hybridized carbons (Fsp3) is 0.471. The summed E-state index contributed by atoms with van der Waals surface area (Å²) in [6.45, 7) is 5.54. The second kappa shape index (κ2) is 9.67. The standard InChI is InChI=1S/C17H23N3.HI/c1-3-11-19-17(18-4-2)20-12-10-16(14-20)13-15-8-6-5-7-9-15;/h1,5-9,16H,4,10-14H2,2H3,(H,18,19);1H. The average Bonchev–Trinajstić information content (AvgIpc) is 2.93. The average molecular weight is 397 g/mol. The van der Waals surface area contributed by atoms with E-state index in [0.29, 0.717) is 12.5 Å².